The maximum absolute atomic E-state index is 12.0. The van der Waals surface area contributed by atoms with Crippen molar-refractivity contribution < 1.29 is 4.79 Å². The molecule has 1 atom stereocenters. The second-order valence-corrected chi connectivity index (χ2v) is 5.81. The molecule has 1 aromatic carbocycles. The zero-order valence-electron chi connectivity index (χ0n) is 10.2. The van der Waals surface area contributed by atoms with Crippen LogP contribution in [0.5, 0.6) is 0 Å². The molecule has 0 fully saturated rings. The SMILES string of the molecule is CC(C)CC(CN)C(=O)Nc1cccc(I)c1. The third-order valence-corrected chi connectivity index (χ3v) is 3.17. The quantitative estimate of drug-likeness (QED) is 0.806. The van der Waals surface area contributed by atoms with Gasteiger partial charge < -0.3 is 11.1 Å². The fourth-order valence-electron chi connectivity index (χ4n) is 1.69. The van der Waals surface area contributed by atoms with Crippen LogP contribution >= 0.6 is 22.6 Å². The molecule has 0 saturated carbocycles. The van der Waals surface area contributed by atoms with Crippen molar-refractivity contribution in [3.8, 4) is 0 Å². The highest BCUT2D eigenvalue weighted by Crippen LogP contribution is 2.16. The van der Waals surface area contributed by atoms with Crippen LogP contribution in [0.3, 0.4) is 0 Å². The number of carbonyl (C=O) groups excluding carboxylic acids is 1. The van der Waals surface area contributed by atoms with Gasteiger partial charge in [0.2, 0.25) is 5.91 Å². The van der Waals surface area contributed by atoms with Crippen molar-refractivity contribution in [3.05, 3.63) is 27.8 Å². The lowest BCUT2D eigenvalue weighted by Crippen LogP contribution is -2.30. The van der Waals surface area contributed by atoms with Gasteiger partial charge in [0.15, 0.2) is 0 Å². The van der Waals surface area contributed by atoms with Gasteiger partial charge in [-0.2, -0.15) is 0 Å². The molecule has 0 spiro atoms. The van der Waals surface area contributed by atoms with Crippen molar-refractivity contribution in [1.29, 1.82) is 0 Å². The van der Waals surface area contributed by atoms with Gasteiger partial charge in [-0.3, -0.25) is 4.79 Å². The van der Waals surface area contributed by atoms with E-state index in [4.69, 9.17) is 5.73 Å². The van der Waals surface area contributed by atoms with Gasteiger partial charge in [0.05, 0.1) is 5.92 Å². The van der Waals surface area contributed by atoms with Crippen molar-refractivity contribution >= 4 is 34.2 Å². The number of carbonyl (C=O) groups is 1. The Morgan fingerprint density at radius 2 is 2.18 bits per heavy atom. The van der Waals surface area contributed by atoms with Crippen LogP contribution in [0, 0.1) is 15.4 Å². The first kappa shape index (κ1) is 14.4. The summed E-state index contributed by atoms with van der Waals surface area (Å²) in [4.78, 5) is 12.0. The Bertz CT molecular complexity index is 379. The number of hydrogen-bond donors (Lipinski definition) is 2. The van der Waals surface area contributed by atoms with E-state index in [2.05, 4.69) is 41.8 Å². The maximum atomic E-state index is 12.0. The summed E-state index contributed by atoms with van der Waals surface area (Å²) < 4.78 is 1.11. The van der Waals surface area contributed by atoms with Gasteiger partial charge >= 0.3 is 0 Å². The summed E-state index contributed by atoms with van der Waals surface area (Å²) in [6.07, 6.45) is 0.826. The number of hydrogen-bond acceptors (Lipinski definition) is 2. The summed E-state index contributed by atoms with van der Waals surface area (Å²) in [6, 6.07) is 7.76. The second-order valence-electron chi connectivity index (χ2n) is 4.56. The average Bonchev–Trinajstić information content (AvgIpc) is 2.25. The Balaban J connectivity index is 2.64. The van der Waals surface area contributed by atoms with Crippen LogP contribution in [0.2, 0.25) is 0 Å². The van der Waals surface area contributed by atoms with Gasteiger partial charge in [-0.15, -0.1) is 0 Å². The van der Waals surface area contributed by atoms with Crippen LogP contribution in [0.25, 0.3) is 0 Å². The molecule has 3 N–H and O–H groups in total. The lowest BCUT2D eigenvalue weighted by Gasteiger charge is -2.16. The molecular weight excluding hydrogens is 327 g/mol. The van der Waals surface area contributed by atoms with Crippen molar-refractivity contribution in [2.75, 3.05) is 11.9 Å². The average molecular weight is 346 g/mol. The molecule has 1 rings (SSSR count). The van der Waals surface area contributed by atoms with Gasteiger partial charge in [0.25, 0.3) is 0 Å². The van der Waals surface area contributed by atoms with E-state index in [-0.39, 0.29) is 11.8 Å². The number of benzene rings is 1. The van der Waals surface area contributed by atoms with Crippen LogP contribution in [0.4, 0.5) is 5.69 Å². The first-order chi connectivity index (χ1) is 8.02. The minimum Gasteiger partial charge on any atom is -0.330 e. The van der Waals surface area contributed by atoms with E-state index in [1.807, 2.05) is 24.3 Å². The molecular formula is C13H19IN2O. The standard InChI is InChI=1S/C13H19IN2O/c1-9(2)6-10(8-15)13(17)16-12-5-3-4-11(14)7-12/h3-5,7,9-10H,6,8,15H2,1-2H3,(H,16,17). The summed E-state index contributed by atoms with van der Waals surface area (Å²) >= 11 is 2.22. The fourth-order valence-corrected chi connectivity index (χ4v) is 2.23. The zero-order chi connectivity index (χ0) is 12.8. The molecule has 3 nitrogen and oxygen atoms in total. The van der Waals surface area contributed by atoms with Crippen LogP contribution in [0.1, 0.15) is 20.3 Å². The van der Waals surface area contributed by atoms with E-state index in [0.717, 1.165) is 15.7 Å². The van der Waals surface area contributed by atoms with Gasteiger partial charge in [0.1, 0.15) is 0 Å². The first-order valence-electron chi connectivity index (χ1n) is 5.79. The molecule has 17 heavy (non-hydrogen) atoms. The Morgan fingerprint density at radius 1 is 1.47 bits per heavy atom. The molecule has 1 unspecified atom stereocenters. The van der Waals surface area contributed by atoms with Gasteiger partial charge in [-0.1, -0.05) is 19.9 Å². The Morgan fingerprint density at radius 3 is 2.71 bits per heavy atom. The van der Waals surface area contributed by atoms with Crippen LogP contribution in [-0.2, 0) is 4.79 Å². The molecule has 0 aliphatic rings. The Kier molecular flexibility index (Phi) is 5.91. The molecule has 0 aromatic heterocycles. The molecule has 0 aliphatic heterocycles. The highest BCUT2D eigenvalue weighted by Gasteiger charge is 2.18. The van der Waals surface area contributed by atoms with Gasteiger partial charge in [0, 0.05) is 15.8 Å². The highest BCUT2D eigenvalue weighted by atomic mass is 127. The van der Waals surface area contributed by atoms with Crippen molar-refractivity contribution in [3.63, 3.8) is 0 Å². The Hall–Kier alpha value is -0.620. The van der Waals surface area contributed by atoms with E-state index in [1.54, 1.807) is 0 Å². The molecule has 0 aliphatic carbocycles. The van der Waals surface area contributed by atoms with Gasteiger partial charge in [-0.25, -0.2) is 0 Å². The number of nitrogens with two attached hydrogens (primary N) is 1. The zero-order valence-corrected chi connectivity index (χ0v) is 12.4. The van der Waals surface area contributed by atoms with E-state index in [9.17, 15) is 4.79 Å². The summed E-state index contributed by atoms with van der Waals surface area (Å²) in [7, 11) is 0. The molecule has 4 heteroatoms. The minimum absolute atomic E-state index is 0.0169. The number of halogens is 1. The predicted octanol–water partition coefficient (Wildman–Crippen LogP) is 2.85. The summed E-state index contributed by atoms with van der Waals surface area (Å²) in [5, 5.41) is 2.92. The third-order valence-electron chi connectivity index (χ3n) is 2.50. The lowest BCUT2D eigenvalue weighted by molar-refractivity contribution is -0.120. The van der Waals surface area contributed by atoms with Crippen LogP contribution in [-0.4, -0.2) is 12.5 Å². The molecule has 1 amide bonds. The molecule has 0 radical (unpaired) electrons. The normalized spacial score (nSPS) is 12.5. The molecule has 0 heterocycles. The van der Waals surface area contributed by atoms with Gasteiger partial charge in [-0.05, 0) is 53.1 Å². The summed E-state index contributed by atoms with van der Waals surface area (Å²) in [5.41, 5.74) is 6.48. The molecule has 0 saturated heterocycles. The van der Waals surface area contributed by atoms with Crippen LogP contribution < -0.4 is 11.1 Å². The molecule has 0 bridgehead atoms. The van der Waals surface area contributed by atoms with Crippen molar-refractivity contribution in [1.82, 2.24) is 0 Å². The first-order valence-corrected chi connectivity index (χ1v) is 6.87. The topological polar surface area (TPSA) is 55.1 Å². The minimum atomic E-state index is -0.104. The van der Waals surface area contributed by atoms with Crippen LogP contribution in [0.15, 0.2) is 24.3 Å². The maximum Gasteiger partial charge on any atom is 0.228 e. The molecule has 94 valence electrons. The molecule has 1 aromatic rings. The smallest absolute Gasteiger partial charge is 0.228 e. The number of anilines is 1. The third kappa shape index (κ3) is 5.04. The van der Waals surface area contributed by atoms with Crippen molar-refractivity contribution in [2.45, 2.75) is 20.3 Å². The number of nitrogens with one attached hydrogen (secondary N) is 1. The lowest BCUT2D eigenvalue weighted by atomic mass is 9.96. The van der Waals surface area contributed by atoms with E-state index >= 15 is 0 Å². The second kappa shape index (κ2) is 6.96. The number of amides is 1. The highest BCUT2D eigenvalue weighted by molar-refractivity contribution is 14.1. The van der Waals surface area contributed by atoms with E-state index in [1.165, 1.54) is 0 Å². The predicted molar refractivity (Wildman–Crippen MR) is 79.8 cm³/mol. The number of rotatable bonds is 5. The van der Waals surface area contributed by atoms with E-state index in [0.29, 0.717) is 12.5 Å². The summed E-state index contributed by atoms with van der Waals surface area (Å²) in [6.45, 7) is 4.59. The van der Waals surface area contributed by atoms with Crippen molar-refractivity contribution in [2.24, 2.45) is 17.6 Å². The Labute approximate surface area is 116 Å². The fraction of sp³-hybridized carbons (Fsp3) is 0.462. The summed E-state index contributed by atoms with van der Waals surface area (Å²) in [5.74, 6) is 0.390. The largest absolute Gasteiger partial charge is 0.330 e. The van der Waals surface area contributed by atoms with E-state index < -0.39 is 0 Å². The monoisotopic (exact) mass is 346 g/mol.